The van der Waals surface area contributed by atoms with Crippen LogP contribution in [0, 0.1) is 0 Å². The SMILES string of the molecule is CCOc1cc(/C=C2\C(=O)NC(=O)N(c3cccc(Cl)c3)C2=O)ccc1OCc1ccc(Br)cc1. The van der Waals surface area contributed by atoms with Crippen molar-refractivity contribution >= 4 is 57.1 Å². The minimum absolute atomic E-state index is 0.199. The Bertz CT molecular complexity index is 1320. The maximum absolute atomic E-state index is 13.1. The van der Waals surface area contributed by atoms with Crippen LogP contribution < -0.4 is 19.7 Å². The summed E-state index contributed by atoms with van der Waals surface area (Å²) in [7, 11) is 0. The molecule has 178 valence electrons. The average Bonchev–Trinajstić information content (AvgIpc) is 2.82. The number of carbonyl (C=O) groups excluding carboxylic acids is 3. The van der Waals surface area contributed by atoms with Crippen molar-refractivity contribution in [2.45, 2.75) is 13.5 Å². The second kappa shape index (κ2) is 10.8. The first-order chi connectivity index (χ1) is 16.9. The summed E-state index contributed by atoms with van der Waals surface area (Å²) < 4.78 is 12.6. The Balaban J connectivity index is 1.61. The number of hydrogen-bond donors (Lipinski definition) is 1. The highest BCUT2D eigenvalue weighted by atomic mass is 79.9. The van der Waals surface area contributed by atoms with E-state index in [4.69, 9.17) is 21.1 Å². The predicted molar refractivity (Wildman–Crippen MR) is 137 cm³/mol. The molecule has 1 fully saturated rings. The number of nitrogens with zero attached hydrogens (tertiary/aromatic N) is 1. The zero-order chi connectivity index (χ0) is 24.9. The van der Waals surface area contributed by atoms with E-state index >= 15 is 0 Å². The van der Waals surface area contributed by atoms with Crippen molar-refractivity contribution in [3.8, 4) is 11.5 Å². The molecule has 1 saturated heterocycles. The van der Waals surface area contributed by atoms with Gasteiger partial charge in [-0.3, -0.25) is 14.9 Å². The van der Waals surface area contributed by atoms with Gasteiger partial charge in [-0.25, -0.2) is 9.69 Å². The van der Waals surface area contributed by atoms with Gasteiger partial charge in [0.05, 0.1) is 12.3 Å². The number of benzene rings is 3. The highest BCUT2D eigenvalue weighted by Crippen LogP contribution is 2.31. The van der Waals surface area contributed by atoms with Gasteiger partial charge in [0.25, 0.3) is 11.8 Å². The Morgan fingerprint density at radius 1 is 0.971 bits per heavy atom. The number of halogens is 2. The number of amides is 4. The fraction of sp³-hybridized carbons (Fsp3) is 0.115. The number of imide groups is 2. The highest BCUT2D eigenvalue weighted by molar-refractivity contribution is 9.10. The Kier molecular flexibility index (Phi) is 7.53. The summed E-state index contributed by atoms with van der Waals surface area (Å²) in [5.74, 6) is -0.557. The Morgan fingerprint density at radius 2 is 1.74 bits per heavy atom. The number of hydrogen-bond acceptors (Lipinski definition) is 5. The summed E-state index contributed by atoms with van der Waals surface area (Å²) >= 11 is 9.42. The minimum atomic E-state index is -0.842. The smallest absolute Gasteiger partial charge is 0.335 e. The minimum Gasteiger partial charge on any atom is -0.490 e. The van der Waals surface area contributed by atoms with Crippen molar-refractivity contribution in [1.29, 1.82) is 0 Å². The van der Waals surface area contributed by atoms with Crippen molar-refractivity contribution in [2.24, 2.45) is 0 Å². The molecule has 0 spiro atoms. The van der Waals surface area contributed by atoms with Crippen molar-refractivity contribution in [3.05, 3.63) is 92.9 Å². The molecule has 1 N–H and O–H groups in total. The van der Waals surface area contributed by atoms with Gasteiger partial charge in [-0.05, 0) is 66.6 Å². The van der Waals surface area contributed by atoms with Crippen LogP contribution in [-0.2, 0) is 16.2 Å². The third-order valence-electron chi connectivity index (χ3n) is 5.05. The lowest BCUT2D eigenvalue weighted by Gasteiger charge is -2.26. The monoisotopic (exact) mass is 554 g/mol. The van der Waals surface area contributed by atoms with Crippen LogP contribution in [-0.4, -0.2) is 24.5 Å². The fourth-order valence-electron chi connectivity index (χ4n) is 3.42. The first kappa shape index (κ1) is 24.5. The van der Waals surface area contributed by atoms with Crippen LogP contribution in [0.1, 0.15) is 18.1 Å². The molecule has 0 atom stereocenters. The normalized spacial score (nSPS) is 14.8. The molecule has 0 unspecified atom stereocenters. The maximum Gasteiger partial charge on any atom is 0.335 e. The molecule has 35 heavy (non-hydrogen) atoms. The number of carbonyl (C=O) groups is 3. The first-order valence-corrected chi connectivity index (χ1v) is 11.8. The second-order valence-corrected chi connectivity index (χ2v) is 8.84. The molecule has 3 aromatic rings. The molecule has 3 aromatic carbocycles. The summed E-state index contributed by atoms with van der Waals surface area (Å²) in [5, 5.41) is 2.55. The lowest BCUT2D eigenvalue weighted by Crippen LogP contribution is -2.54. The molecule has 1 heterocycles. The predicted octanol–water partition coefficient (Wildman–Crippen LogP) is 5.75. The van der Waals surface area contributed by atoms with E-state index in [1.54, 1.807) is 36.4 Å². The van der Waals surface area contributed by atoms with Crippen LogP contribution >= 0.6 is 27.5 Å². The summed E-state index contributed by atoms with van der Waals surface area (Å²) in [5.41, 5.74) is 1.57. The molecule has 4 amide bonds. The molecule has 0 aliphatic carbocycles. The molecule has 1 aliphatic heterocycles. The Morgan fingerprint density at radius 3 is 2.46 bits per heavy atom. The van der Waals surface area contributed by atoms with Gasteiger partial charge in [0.15, 0.2) is 11.5 Å². The van der Waals surface area contributed by atoms with Crippen LogP contribution in [0.25, 0.3) is 6.08 Å². The molecule has 1 aliphatic rings. The number of barbiturate groups is 1. The molecule has 0 radical (unpaired) electrons. The molecule has 4 rings (SSSR count). The first-order valence-electron chi connectivity index (χ1n) is 10.7. The molecule has 0 saturated carbocycles. The zero-order valence-electron chi connectivity index (χ0n) is 18.6. The average molecular weight is 556 g/mol. The lowest BCUT2D eigenvalue weighted by molar-refractivity contribution is -0.122. The van der Waals surface area contributed by atoms with E-state index in [1.165, 1.54) is 12.1 Å². The number of urea groups is 1. The number of anilines is 1. The molecule has 0 aromatic heterocycles. The van der Waals surface area contributed by atoms with Gasteiger partial charge in [0.1, 0.15) is 12.2 Å². The van der Waals surface area contributed by atoms with Gasteiger partial charge < -0.3 is 9.47 Å². The number of ether oxygens (including phenoxy) is 2. The molecule has 7 nitrogen and oxygen atoms in total. The largest absolute Gasteiger partial charge is 0.490 e. The van der Waals surface area contributed by atoms with Gasteiger partial charge >= 0.3 is 6.03 Å². The summed E-state index contributed by atoms with van der Waals surface area (Å²) in [6.45, 7) is 2.58. The van der Waals surface area contributed by atoms with Crippen molar-refractivity contribution in [1.82, 2.24) is 5.32 Å². The third kappa shape index (κ3) is 5.72. The van der Waals surface area contributed by atoms with Crippen molar-refractivity contribution in [2.75, 3.05) is 11.5 Å². The summed E-state index contributed by atoms with van der Waals surface area (Å²) in [6.07, 6.45) is 1.41. The van der Waals surface area contributed by atoms with Crippen LogP contribution in [0.4, 0.5) is 10.5 Å². The van der Waals surface area contributed by atoms with E-state index in [0.29, 0.717) is 35.3 Å². The van der Waals surface area contributed by atoms with Gasteiger partial charge in [0.2, 0.25) is 0 Å². The van der Waals surface area contributed by atoms with Gasteiger partial charge in [-0.15, -0.1) is 0 Å². The molecule has 9 heteroatoms. The number of nitrogens with one attached hydrogen (secondary N) is 1. The lowest BCUT2D eigenvalue weighted by atomic mass is 10.1. The van der Waals surface area contributed by atoms with Crippen LogP contribution in [0.5, 0.6) is 11.5 Å². The quantitative estimate of drug-likeness (QED) is 0.297. The van der Waals surface area contributed by atoms with Gasteiger partial charge in [0, 0.05) is 9.50 Å². The molecular formula is C26H20BrClN2O5. The van der Waals surface area contributed by atoms with E-state index in [9.17, 15) is 14.4 Å². The van der Waals surface area contributed by atoms with Crippen LogP contribution in [0.2, 0.25) is 5.02 Å². The molecular weight excluding hydrogens is 536 g/mol. The standard InChI is InChI=1S/C26H20BrClN2O5/c1-2-34-23-13-17(8-11-22(23)35-15-16-6-9-18(27)10-7-16)12-21-24(31)29-26(33)30(25(21)32)20-5-3-4-19(28)14-20/h3-14H,2,15H2,1H3,(H,29,31,33)/b21-12+. The maximum atomic E-state index is 13.1. The second-order valence-electron chi connectivity index (χ2n) is 7.49. The Labute approximate surface area is 215 Å². The van der Waals surface area contributed by atoms with Crippen LogP contribution in [0.3, 0.4) is 0 Å². The van der Waals surface area contributed by atoms with Crippen molar-refractivity contribution < 1.29 is 23.9 Å². The summed E-state index contributed by atoms with van der Waals surface area (Å²) in [6, 6.07) is 18.3. The van der Waals surface area contributed by atoms with Gasteiger partial charge in [-0.1, -0.05) is 51.8 Å². The fourth-order valence-corrected chi connectivity index (χ4v) is 3.87. The van der Waals surface area contributed by atoms with E-state index in [-0.39, 0.29) is 11.3 Å². The van der Waals surface area contributed by atoms with Crippen molar-refractivity contribution in [3.63, 3.8) is 0 Å². The van der Waals surface area contributed by atoms with E-state index in [2.05, 4.69) is 21.2 Å². The van der Waals surface area contributed by atoms with E-state index < -0.39 is 17.8 Å². The highest BCUT2D eigenvalue weighted by Gasteiger charge is 2.36. The number of rotatable bonds is 7. The van der Waals surface area contributed by atoms with Crippen LogP contribution in [0.15, 0.2) is 76.8 Å². The molecule has 0 bridgehead atoms. The topological polar surface area (TPSA) is 84.9 Å². The van der Waals surface area contributed by atoms with Gasteiger partial charge in [-0.2, -0.15) is 0 Å². The summed E-state index contributed by atoms with van der Waals surface area (Å²) in [4.78, 5) is 38.8. The third-order valence-corrected chi connectivity index (χ3v) is 5.82. The Hall–Kier alpha value is -3.62. The zero-order valence-corrected chi connectivity index (χ0v) is 20.9. The van der Waals surface area contributed by atoms with E-state index in [1.807, 2.05) is 31.2 Å². The van der Waals surface area contributed by atoms with E-state index in [0.717, 1.165) is 14.9 Å².